The second-order valence-corrected chi connectivity index (χ2v) is 3.01. The van der Waals surface area contributed by atoms with Crippen molar-refractivity contribution < 1.29 is 0 Å². The van der Waals surface area contributed by atoms with Gasteiger partial charge in [-0.1, -0.05) is 32.9 Å². The maximum Gasteiger partial charge on any atom is -0.0200 e. The van der Waals surface area contributed by atoms with Crippen molar-refractivity contribution in [1.29, 1.82) is 0 Å². The van der Waals surface area contributed by atoms with Crippen molar-refractivity contribution in [2.75, 3.05) is 0 Å². The summed E-state index contributed by atoms with van der Waals surface area (Å²) in [5.41, 5.74) is 1.44. The van der Waals surface area contributed by atoms with Gasteiger partial charge in [-0.3, -0.25) is 0 Å². The second-order valence-electron chi connectivity index (χ2n) is 3.01. The fraction of sp³-hybridized carbons (Fsp3) is 0.750. The second kappa shape index (κ2) is 1.61. The molecule has 0 heterocycles. The highest BCUT2D eigenvalue weighted by Crippen LogP contribution is 2.43. The molecule has 0 amide bonds. The highest BCUT2D eigenvalue weighted by molar-refractivity contribution is 5.16. The van der Waals surface area contributed by atoms with Crippen LogP contribution >= 0.6 is 0 Å². The van der Waals surface area contributed by atoms with Crippen LogP contribution in [-0.2, 0) is 0 Å². The van der Waals surface area contributed by atoms with Gasteiger partial charge < -0.3 is 0 Å². The molecule has 2 unspecified atom stereocenters. The molecule has 0 saturated heterocycles. The Morgan fingerprint density at radius 1 is 1.12 bits per heavy atom. The monoisotopic (exact) mass is 110 g/mol. The van der Waals surface area contributed by atoms with Crippen LogP contribution in [0.1, 0.15) is 20.8 Å². The molecular weight excluding hydrogens is 96.1 g/mol. The van der Waals surface area contributed by atoms with Crippen molar-refractivity contribution in [3.63, 3.8) is 0 Å². The predicted octanol–water partition coefficient (Wildman–Crippen LogP) is 2.46. The Labute approximate surface area is 51.6 Å². The van der Waals surface area contributed by atoms with Crippen LogP contribution in [0.2, 0.25) is 0 Å². The van der Waals surface area contributed by atoms with E-state index >= 15 is 0 Å². The van der Waals surface area contributed by atoms with E-state index in [1.165, 1.54) is 5.57 Å². The van der Waals surface area contributed by atoms with Gasteiger partial charge in [0.25, 0.3) is 0 Å². The van der Waals surface area contributed by atoms with Crippen LogP contribution in [-0.4, -0.2) is 0 Å². The van der Waals surface area contributed by atoms with Gasteiger partial charge in [0.2, 0.25) is 0 Å². The lowest BCUT2D eigenvalue weighted by atomic mass is 9.64. The Balaban J connectivity index is 2.55. The largest absolute Gasteiger partial charge is 0.0993 e. The molecule has 0 heteroatoms. The van der Waals surface area contributed by atoms with E-state index in [-0.39, 0.29) is 0 Å². The Morgan fingerprint density at radius 2 is 1.50 bits per heavy atom. The zero-order valence-corrected chi connectivity index (χ0v) is 5.94. The van der Waals surface area contributed by atoms with E-state index in [1.807, 2.05) is 0 Å². The number of allylic oxidation sites excluding steroid dienone is 1. The van der Waals surface area contributed by atoms with E-state index in [0.29, 0.717) is 0 Å². The Kier molecular flexibility index (Phi) is 1.18. The van der Waals surface area contributed by atoms with Crippen LogP contribution in [0.25, 0.3) is 0 Å². The molecule has 1 saturated carbocycles. The summed E-state index contributed by atoms with van der Waals surface area (Å²) in [6, 6.07) is 0. The molecule has 0 aromatic heterocycles. The molecule has 0 radical (unpaired) electrons. The van der Waals surface area contributed by atoms with Gasteiger partial charge in [-0.25, -0.2) is 0 Å². The molecule has 8 heavy (non-hydrogen) atoms. The topological polar surface area (TPSA) is 0 Å². The average Bonchev–Trinajstić information content (AvgIpc) is 1.83. The molecule has 1 aliphatic rings. The molecule has 46 valence electrons. The smallest absolute Gasteiger partial charge is 0.0200 e. The summed E-state index contributed by atoms with van der Waals surface area (Å²) in [6.07, 6.45) is 0. The van der Waals surface area contributed by atoms with E-state index in [1.54, 1.807) is 0 Å². The van der Waals surface area contributed by atoms with Crippen molar-refractivity contribution >= 4 is 0 Å². The molecule has 0 N–H and O–H groups in total. The van der Waals surface area contributed by atoms with E-state index < -0.39 is 0 Å². The molecule has 0 spiro atoms. The molecular formula is C8H14. The van der Waals surface area contributed by atoms with Crippen LogP contribution in [0.15, 0.2) is 12.2 Å². The zero-order chi connectivity index (χ0) is 6.31. The molecule has 1 fully saturated rings. The lowest BCUT2D eigenvalue weighted by molar-refractivity contribution is 0.227. The fourth-order valence-corrected chi connectivity index (χ4v) is 1.40. The van der Waals surface area contributed by atoms with Gasteiger partial charge in [-0.15, -0.1) is 0 Å². The predicted molar refractivity (Wildman–Crippen MR) is 36.6 cm³/mol. The summed E-state index contributed by atoms with van der Waals surface area (Å²) < 4.78 is 0. The number of rotatable bonds is 0. The van der Waals surface area contributed by atoms with Gasteiger partial charge in [-0.2, -0.15) is 0 Å². The number of hydrogen-bond donors (Lipinski definition) is 0. The third kappa shape index (κ3) is 0.521. The normalized spacial score (nSPS) is 46.4. The minimum absolute atomic E-state index is 0.782. The fourth-order valence-electron chi connectivity index (χ4n) is 1.40. The van der Waals surface area contributed by atoms with Gasteiger partial charge in [-0.05, 0) is 17.8 Å². The molecule has 0 aromatic rings. The van der Waals surface area contributed by atoms with Crippen LogP contribution in [0.4, 0.5) is 0 Å². The Bertz CT molecular complexity index is 101. The van der Waals surface area contributed by atoms with E-state index in [9.17, 15) is 0 Å². The molecule has 0 aliphatic heterocycles. The summed E-state index contributed by atoms with van der Waals surface area (Å²) in [5.74, 6) is 2.44. The minimum atomic E-state index is 0.782. The van der Waals surface area contributed by atoms with E-state index in [4.69, 9.17) is 0 Å². The molecule has 1 aliphatic carbocycles. The van der Waals surface area contributed by atoms with Gasteiger partial charge in [0.05, 0.1) is 0 Å². The van der Waals surface area contributed by atoms with Gasteiger partial charge in [0.15, 0.2) is 0 Å². The quantitative estimate of drug-likeness (QED) is 0.420. The third-order valence-electron chi connectivity index (χ3n) is 2.75. The maximum absolute atomic E-state index is 3.97. The highest BCUT2D eigenvalue weighted by atomic mass is 14.4. The standard InChI is InChI=1S/C8H14/c1-5-6(2)8(4)7(5)3/h6-8H,1H2,2-4H3. The van der Waals surface area contributed by atoms with Crippen molar-refractivity contribution in [2.45, 2.75) is 20.8 Å². The zero-order valence-electron chi connectivity index (χ0n) is 5.94. The summed E-state index contributed by atoms with van der Waals surface area (Å²) in [7, 11) is 0. The summed E-state index contributed by atoms with van der Waals surface area (Å²) in [6.45, 7) is 10.8. The minimum Gasteiger partial charge on any atom is -0.0993 e. The number of hydrogen-bond acceptors (Lipinski definition) is 0. The van der Waals surface area contributed by atoms with Crippen molar-refractivity contribution in [3.8, 4) is 0 Å². The van der Waals surface area contributed by atoms with Gasteiger partial charge in [0, 0.05) is 0 Å². The average molecular weight is 110 g/mol. The first kappa shape index (κ1) is 5.87. The Morgan fingerprint density at radius 3 is 1.62 bits per heavy atom. The maximum atomic E-state index is 3.97. The Hall–Kier alpha value is -0.260. The highest BCUT2D eigenvalue weighted by Gasteiger charge is 2.34. The molecule has 0 nitrogen and oxygen atoms in total. The van der Waals surface area contributed by atoms with Crippen molar-refractivity contribution in [2.24, 2.45) is 17.8 Å². The molecule has 0 aromatic carbocycles. The van der Waals surface area contributed by atoms with Crippen molar-refractivity contribution in [3.05, 3.63) is 12.2 Å². The first-order valence-electron chi connectivity index (χ1n) is 3.33. The summed E-state index contributed by atoms with van der Waals surface area (Å²) in [4.78, 5) is 0. The van der Waals surface area contributed by atoms with Gasteiger partial charge in [0.1, 0.15) is 0 Å². The van der Waals surface area contributed by atoms with E-state index in [0.717, 1.165) is 17.8 Å². The summed E-state index contributed by atoms with van der Waals surface area (Å²) in [5, 5.41) is 0. The van der Waals surface area contributed by atoms with Crippen molar-refractivity contribution in [1.82, 2.24) is 0 Å². The van der Waals surface area contributed by atoms with Gasteiger partial charge >= 0.3 is 0 Å². The van der Waals surface area contributed by atoms with Crippen LogP contribution in [0.3, 0.4) is 0 Å². The summed E-state index contributed by atoms with van der Waals surface area (Å²) >= 11 is 0. The third-order valence-corrected chi connectivity index (χ3v) is 2.75. The molecule has 1 rings (SSSR count). The van der Waals surface area contributed by atoms with Crippen LogP contribution < -0.4 is 0 Å². The molecule has 2 atom stereocenters. The molecule has 0 bridgehead atoms. The first-order chi connectivity index (χ1) is 3.64. The first-order valence-corrected chi connectivity index (χ1v) is 3.33. The van der Waals surface area contributed by atoms with E-state index in [2.05, 4.69) is 27.4 Å². The SMILES string of the molecule is C=C1C(C)C(C)C1C. The lowest BCUT2D eigenvalue weighted by Crippen LogP contribution is -2.32. The lowest BCUT2D eigenvalue weighted by Gasteiger charge is -2.41. The van der Waals surface area contributed by atoms with Crippen LogP contribution in [0, 0.1) is 17.8 Å². The van der Waals surface area contributed by atoms with Crippen LogP contribution in [0.5, 0.6) is 0 Å².